The summed E-state index contributed by atoms with van der Waals surface area (Å²) in [5.74, 6) is 0.736. The summed E-state index contributed by atoms with van der Waals surface area (Å²) in [5, 5.41) is 0. The summed E-state index contributed by atoms with van der Waals surface area (Å²) in [4.78, 5) is 0. The molecule has 0 spiro atoms. The van der Waals surface area contributed by atoms with E-state index in [0.717, 1.165) is 5.56 Å². The molecule has 0 aliphatic heterocycles. The van der Waals surface area contributed by atoms with Gasteiger partial charge in [-0.2, -0.15) is 13.2 Å². The third kappa shape index (κ3) is 4.61. The van der Waals surface area contributed by atoms with Crippen molar-refractivity contribution in [1.82, 2.24) is 0 Å². The van der Waals surface area contributed by atoms with Crippen molar-refractivity contribution in [3.63, 3.8) is 0 Å². The first-order valence-electron chi connectivity index (χ1n) is 4.46. The van der Waals surface area contributed by atoms with E-state index >= 15 is 0 Å². The SMILES string of the molecule is FC(F)(F)CCOc1ccc(CCl)cc1Br. The molecule has 0 atom stereocenters. The van der Waals surface area contributed by atoms with Crippen LogP contribution in [0.1, 0.15) is 12.0 Å². The van der Waals surface area contributed by atoms with E-state index in [-0.39, 0.29) is 6.61 Å². The van der Waals surface area contributed by atoms with Crippen molar-refractivity contribution in [2.24, 2.45) is 0 Å². The summed E-state index contributed by atoms with van der Waals surface area (Å²) >= 11 is 8.81. The van der Waals surface area contributed by atoms with Crippen molar-refractivity contribution in [3.05, 3.63) is 28.2 Å². The molecule has 0 aliphatic rings. The van der Waals surface area contributed by atoms with E-state index in [1.165, 1.54) is 0 Å². The first-order chi connectivity index (χ1) is 7.42. The Bertz CT molecular complexity index is 354. The Kier molecular flexibility index (Phi) is 4.92. The normalized spacial score (nSPS) is 11.6. The molecule has 1 aromatic carbocycles. The quantitative estimate of drug-likeness (QED) is 0.742. The second-order valence-electron chi connectivity index (χ2n) is 3.11. The van der Waals surface area contributed by atoms with Crippen LogP contribution in [0.4, 0.5) is 13.2 Å². The zero-order valence-electron chi connectivity index (χ0n) is 8.15. The lowest BCUT2D eigenvalue weighted by molar-refractivity contribution is -0.139. The highest BCUT2D eigenvalue weighted by molar-refractivity contribution is 9.10. The predicted molar refractivity (Wildman–Crippen MR) is 59.9 cm³/mol. The Balaban J connectivity index is 2.55. The van der Waals surface area contributed by atoms with E-state index < -0.39 is 12.6 Å². The second kappa shape index (κ2) is 5.77. The number of alkyl halides is 4. The number of hydrogen-bond acceptors (Lipinski definition) is 1. The van der Waals surface area contributed by atoms with Crippen LogP contribution in [0, 0.1) is 0 Å². The standard InChI is InChI=1S/C10H9BrClF3O/c11-8-5-7(6-12)1-2-9(8)16-4-3-10(13,14)15/h1-2,5H,3-4,6H2. The van der Waals surface area contributed by atoms with Gasteiger partial charge in [-0.25, -0.2) is 0 Å². The summed E-state index contributed by atoms with van der Waals surface area (Å²) in [7, 11) is 0. The fourth-order valence-electron chi connectivity index (χ4n) is 1.02. The fraction of sp³-hybridized carbons (Fsp3) is 0.400. The number of ether oxygens (including phenoxy) is 1. The fourth-order valence-corrected chi connectivity index (χ4v) is 1.73. The number of benzene rings is 1. The molecule has 0 amide bonds. The highest BCUT2D eigenvalue weighted by Crippen LogP contribution is 2.27. The molecule has 90 valence electrons. The van der Waals surface area contributed by atoms with Crippen LogP contribution < -0.4 is 4.74 Å². The number of hydrogen-bond donors (Lipinski definition) is 0. The lowest BCUT2D eigenvalue weighted by Crippen LogP contribution is -2.13. The van der Waals surface area contributed by atoms with Crippen LogP contribution in [0.5, 0.6) is 5.75 Å². The molecule has 0 bridgehead atoms. The average Bonchev–Trinajstić information content (AvgIpc) is 2.18. The van der Waals surface area contributed by atoms with E-state index in [2.05, 4.69) is 15.9 Å². The summed E-state index contributed by atoms with van der Waals surface area (Å²) in [6.45, 7) is -0.387. The van der Waals surface area contributed by atoms with Crippen LogP contribution in [0.3, 0.4) is 0 Å². The molecule has 0 aliphatic carbocycles. The molecule has 0 radical (unpaired) electrons. The molecule has 0 aromatic heterocycles. The third-order valence-corrected chi connectivity index (χ3v) is 2.72. The van der Waals surface area contributed by atoms with Crippen molar-refractivity contribution in [1.29, 1.82) is 0 Å². The van der Waals surface area contributed by atoms with Gasteiger partial charge in [0.2, 0.25) is 0 Å². The Labute approximate surface area is 105 Å². The lowest BCUT2D eigenvalue weighted by atomic mass is 10.2. The molecule has 0 fully saturated rings. The monoisotopic (exact) mass is 316 g/mol. The van der Waals surface area contributed by atoms with Gasteiger partial charge in [-0.1, -0.05) is 6.07 Å². The minimum Gasteiger partial charge on any atom is -0.492 e. The third-order valence-electron chi connectivity index (χ3n) is 1.79. The van der Waals surface area contributed by atoms with Crippen molar-refractivity contribution >= 4 is 27.5 Å². The average molecular weight is 318 g/mol. The van der Waals surface area contributed by atoms with E-state index in [4.69, 9.17) is 16.3 Å². The molecular weight excluding hydrogens is 308 g/mol. The van der Waals surface area contributed by atoms with Gasteiger partial charge in [0.15, 0.2) is 0 Å². The molecule has 1 aromatic rings. The molecule has 0 saturated carbocycles. The second-order valence-corrected chi connectivity index (χ2v) is 4.23. The Morgan fingerprint density at radius 1 is 1.31 bits per heavy atom. The van der Waals surface area contributed by atoms with Crippen LogP contribution in [0.25, 0.3) is 0 Å². The maximum Gasteiger partial charge on any atom is 0.392 e. The summed E-state index contributed by atoms with van der Waals surface area (Å²) < 4.78 is 41.2. The van der Waals surface area contributed by atoms with Crippen molar-refractivity contribution in [2.45, 2.75) is 18.5 Å². The molecule has 1 rings (SSSR count). The van der Waals surface area contributed by atoms with Gasteiger partial charge in [0.25, 0.3) is 0 Å². The van der Waals surface area contributed by atoms with Gasteiger partial charge in [0.1, 0.15) is 5.75 Å². The van der Waals surface area contributed by atoms with Crippen LogP contribution in [-0.4, -0.2) is 12.8 Å². The molecule has 0 heterocycles. The molecule has 16 heavy (non-hydrogen) atoms. The topological polar surface area (TPSA) is 9.23 Å². The van der Waals surface area contributed by atoms with Crippen LogP contribution in [-0.2, 0) is 5.88 Å². The van der Waals surface area contributed by atoms with Crippen molar-refractivity contribution in [2.75, 3.05) is 6.61 Å². The highest BCUT2D eigenvalue weighted by Gasteiger charge is 2.26. The van der Waals surface area contributed by atoms with Crippen LogP contribution >= 0.6 is 27.5 Å². The maximum atomic E-state index is 11.9. The Hall–Kier alpha value is -0.420. The Morgan fingerprint density at radius 3 is 2.50 bits per heavy atom. The Morgan fingerprint density at radius 2 is 2.00 bits per heavy atom. The van der Waals surface area contributed by atoms with E-state index in [1.807, 2.05) is 0 Å². The van der Waals surface area contributed by atoms with Gasteiger partial charge in [-0.15, -0.1) is 11.6 Å². The molecule has 6 heteroatoms. The maximum absolute atomic E-state index is 11.9. The number of rotatable bonds is 4. The molecule has 0 unspecified atom stereocenters. The summed E-state index contributed by atoms with van der Waals surface area (Å²) in [5.41, 5.74) is 0.872. The summed E-state index contributed by atoms with van der Waals surface area (Å²) in [6, 6.07) is 5.02. The number of halogens is 5. The molecule has 0 saturated heterocycles. The van der Waals surface area contributed by atoms with E-state index in [0.29, 0.717) is 16.1 Å². The van der Waals surface area contributed by atoms with Crippen LogP contribution in [0.2, 0.25) is 0 Å². The first-order valence-corrected chi connectivity index (χ1v) is 5.79. The highest BCUT2D eigenvalue weighted by atomic mass is 79.9. The molecular formula is C10H9BrClF3O. The smallest absolute Gasteiger partial charge is 0.392 e. The van der Waals surface area contributed by atoms with E-state index in [9.17, 15) is 13.2 Å². The first kappa shape index (κ1) is 13.6. The largest absolute Gasteiger partial charge is 0.492 e. The minimum atomic E-state index is -4.19. The minimum absolute atomic E-state index is 0.349. The van der Waals surface area contributed by atoms with Gasteiger partial charge < -0.3 is 4.74 Å². The molecule has 0 N–H and O–H groups in total. The van der Waals surface area contributed by atoms with Crippen LogP contribution in [0.15, 0.2) is 22.7 Å². The zero-order chi connectivity index (χ0) is 12.2. The van der Waals surface area contributed by atoms with Gasteiger partial charge in [-0.3, -0.25) is 0 Å². The van der Waals surface area contributed by atoms with Crippen molar-refractivity contribution < 1.29 is 17.9 Å². The zero-order valence-corrected chi connectivity index (χ0v) is 10.5. The van der Waals surface area contributed by atoms with Gasteiger partial charge in [0, 0.05) is 5.88 Å². The van der Waals surface area contributed by atoms with Gasteiger partial charge in [0.05, 0.1) is 17.5 Å². The van der Waals surface area contributed by atoms with Gasteiger partial charge >= 0.3 is 6.18 Å². The summed E-state index contributed by atoms with van der Waals surface area (Å²) in [6.07, 6.45) is -5.15. The lowest BCUT2D eigenvalue weighted by Gasteiger charge is -2.10. The predicted octanol–water partition coefficient (Wildman–Crippen LogP) is 4.52. The molecule has 1 nitrogen and oxygen atoms in total. The van der Waals surface area contributed by atoms with E-state index in [1.54, 1.807) is 18.2 Å². The van der Waals surface area contributed by atoms with Gasteiger partial charge in [-0.05, 0) is 33.6 Å². The van der Waals surface area contributed by atoms with Crippen molar-refractivity contribution in [3.8, 4) is 5.75 Å².